The molecule has 1 N–H and O–H groups in total. The predicted octanol–water partition coefficient (Wildman–Crippen LogP) is 18.4. The van der Waals surface area contributed by atoms with Crippen molar-refractivity contribution in [3.8, 4) is 0 Å². The van der Waals surface area contributed by atoms with Gasteiger partial charge < -0.3 is 28.5 Å². The molecule has 0 radical (unpaired) electrons. The summed E-state index contributed by atoms with van der Waals surface area (Å²) in [5.41, 5.74) is 0. The number of rotatable bonds is 55. The lowest BCUT2D eigenvalue weighted by molar-refractivity contribution is -0.870. The largest absolute Gasteiger partial charge is 0.756 e. The molecule has 0 aromatic rings. The molecule has 0 spiro atoms. The number of likely N-dealkylation sites (N-methyl/N-ethyl adjacent to an activating group) is 1. The van der Waals surface area contributed by atoms with Crippen LogP contribution in [0.1, 0.15) is 265 Å². The van der Waals surface area contributed by atoms with Gasteiger partial charge in [-0.1, -0.05) is 228 Å². The quantitative estimate of drug-likeness (QED) is 0.0212. The smallest absolute Gasteiger partial charge is 0.306 e. The number of allylic oxidation sites excluding steroid dienone is 13. The molecule has 0 bridgehead atoms. The first-order valence-electron chi connectivity index (χ1n) is 30.9. The van der Waals surface area contributed by atoms with E-state index in [0.717, 1.165) is 103 Å². The van der Waals surface area contributed by atoms with Crippen LogP contribution in [0.5, 0.6) is 0 Å². The fourth-order valence-corrected chi connectivity index (χ4v) is 9.20. The van der Waals surface area contributed by atoms with Gasteiger partial charge in [-0.05, 0) is 109 Å². The molecule has 75 heavy (non-hydrogen) atoms. The number of phosphoric acid groups is 1. The molecule has 0 saturated carbocycles. The van der Waals surface area contributed by atoms with Crippen LogP contribution in [0.15, 0.2) is 85.1 Å². The third-order valence-electron chi connectivity index (χ3n) is 13.3. The van der Waals surface area contributed by atoms with Crippen molar-refractivity contribution in [3.63, 3.8) is 0 Å². The van der Waals surface area contributed by atoms with Gasteiger partial charge >= 0.3 is 5.97 Å². The van der Waals surface area contributed by atoms with Crippen LogP contribution >= 0.6 is 7.82 Å². The molecule has 1 amide bonds. The highest BCUT2D eigenvalue weighted by Crippen LogP contribution is 2.38. The summed E-state index contributed by atoms with van der Waals surface area (Å²) in [6.45, 7) is 6.76. The molecule has 0 aliphatic rings. The molecular weight excluding hydrogens is 952 g/mol. The van der Waals surface area contributed by atoms with Crippen LogP contribution in [0.3, 0.4) is 0 Å². The molecule has 3 atom stereocenters. The summed E-state index contributed by atoms with van der Waals surface area (Å²) in [6.07, 6.45) is 71.1. The molecule has 0 aromatic carbocycles. The van der Waals surface area contributed by atoms with Crippen LogP contribution in [0.25, 0.3) is 0 Å². The second-order valence-electron chi connectivity index (χ2n) is 21.8. The van der Waals surface area contributed by atoms with Crippen molar-refractivity contribution < 1.29 is 37.3 Å². The van der Waals surface area contributed by atoms with Gasteiger partial charge in [0.1, 0.15) is 19.3 Å². The van der Waals surface area contributed by atoms with Crippen molar-refractivity contribution in [2.24, 2.45) is 0 Å². The number of ether oxygens (including phenoxy) is 1. The molecule has 9 nitrogen and oxygen atoms in total. The number of carbonyl (C=O) groups excluding carboxylic acids is 2. The fraction of sp³-hybridized carbons (Fsp3) is 0.754. The third kappa shape index (κ3) is 55.7. The molecule has 434 valence electrons. The Morgan fingerprint density at radius 2 is 0.813 bits per heavy atom. The zero-order chi connectivity index (χ0) is 55.0. The molecule has 0 aliphatic carbocycles. The van der Waals surface area contributed by atoms with Crippen LogP contribution in [0.4, 0.5) is 0 Å². The Balaban J connectivity index is 5.27. The first kappa shape index (κ1) is 72.2. The Kier molecular flexibility index (Phi) is 52.5. The minimum absolute atomic E-state index is 0.0311. The lowest BCUT2D eigenvalue weighted by atomic mass is 10.0. The van der Waals surface area contributed by atoms with Crippen molar-refractivity contribution in [3.05, 3.63) is 85.1 Å². The Morgan fingerprint density at radius 3 is 1.24 bits per heavy atom. The molecule has 10 heteroatoms. The van der Waals surface area contributed by atoms with Crippen molar-refractivity contribution in [1.29, 1.82) is 0 Å². The van der Waals surface area contributed by atoms with Gasteiger partial charge in [0.05, 0.1) is 33.8 Å². The van der Waals surface area contributed by atoms with Crippen LogP contribution < -0.4 is 10.2 Å². The van der Waals surface area contributed by atoms with Gasteiger partial charge in [0.25, 0.3) is 7.82 Å². The van der Waals surface area contributed by atoms with Gasteiger partial charge in [0, 0.05) is 12.8 Å². The summed E-state index contributed by atoms with van der Waals surface area (Å²) < 4.78 is 30.3. The average Bonchev–Trinajstić information content (AvgIpc) is 3.37. The van der Waals surface area contributed by atoms with Gasteiger partial charge in [0.15, 0.2) is 0 Å². The first-order valence-corrected chi connectivity index (χ1v) is 32.4. The van der Waals surface area contributed by atoms with E-state index in [2.05, 4.69) is 99.0 Å². The van der Waals surface area contributed by atoms with Gasteiger partial charge in [-0.25, -0.2) is 0 Å². The molecule has 0 aromatic heterocycles. The highest BCUT2D eigenvalue weighted by Gasteiger charge is 2.27. The summed E-state index contributed by atoms with van der Waals surface area (Å²) in [7, 11) is 1.16. The van der Waals surface area contributed by atoms with Crippen molar-refractivity contribution in [2.45, 2.75) is 277 Å². The summed E-state index contributed by atoms with van der Waals surface area (Å²) in [5.74, 6) is -0.576. The number of carbonyl (C=O) groups is 2. The van der Waals surface area contributed by atoms with E-state index in [0.29, 0.717) is 23.9 Å². The summed E-state index contributed by atoms with van der Waals surface area (Å²) in [5, 5.41) is 3.02. The van der Waals surface area contributed by atoms with E-state index in [-0.39, 0.29) is 24.9 Å². The van der Waals surface area contributed by atoms with E-state index in [4.69, 9.17) is 13.8 Å². The molecule has 0 rings (SSSR count). The summed E-state index contributed by atoms with van der Waals surface area (Å²) >= 11 is 0. The summed E-state index contributed by atoms with van der Waals surface area (Å²) in [4.78, 5) is 39.9. The number of unbranched alkanes of at least 4 members (excludes halogenated alkanes) is 27. The lowest BCUT2D eigenvalue weighted by Gasteiger charge is -2.30. The zero-order valence-corrected chi connectivity index (χ0v) is 50.4. The molecule has 3 unspecified atom stereocenters. The van der Waals surface area contributed by atoms with E-state index >= 15 is 0 Å². The SMILES string of the molecule is CCCCC/C=C\C/C=C\C/C=C\CCCCCCCCCCC(=O)NC(COP(=O)([O-])OCC[N+](C)(C)C)C(/C=C\CCCCCCCCCCC)OC(=O)CCCCCC/C=C\C/C=C\C/C=C\CCCCC. The second kappa shape index (κ2) is 54.5. The van der Waals surface area contributed by atoms with Crippen LogP contribution in [0, 0.1) is 0 Å². The normalized spacial score (nSPS) is 14.3. The van der Waals surface area contributed by atoms with Crippen LogP contribution in [-0.4, -0.2) is 69.4 Å². The molecule has 0 fully saturated rings. The van der Waals surface area contributed by atoms with Crippen molar-refractivity contribution >= 4 is 19.7 Å². The van der Waals surface area contributed by atoms with Crippen molar-refractivity contribution in [2.75, 3.05) is 40.9 Å². The van der Waals surface area contributed by atoms with Crippen LogP contribution in [-0.2, 0) is 27.9 Å². The first-order chi connectivity index (χ1) is 36.4. The maximum Gasteiger partial charge on any atom is 0.306 e. The lowest BCUT2D eigenvalue weighted by Crippen LogP contribution is -2.47. The highest BCUT2D eigenvalue weighted by atomic mass is 31.2. The monoisotopic (exact) mass is 1070 g/mol. The Labute approximate surface area is 463 Å². The van der Waals surface area contributed by atoms with Crippen molar-refractivity contribution in [1.82, 2.24) is 5.32 Å². The average molecular weight is 1070 g/mol. The molecular formula is C65H117N2O7P. The molecule has 0 aliphatic heterocycles. The van der Waals surface area contributed by atoms with E-state index in [1.165, 1.54) is 122 Å². The summed E-state index contributed by atoms with van der Waals surface area (Å²) in [6, 6.07) is -0.905. The fourth-order valence-electron chi connectivity index (χ4n) is 8.48. The third-order valence-corrected chi connectivity index (χ3v) is 14.3. The number of hydrogen-bond acceptors (Lipinski definition) is 7. The van der Waals surface area contributed by atoms with Gasteiger partial charge in [-0.2, -0.15) is 0 Å². The number of amides is 1. The van der Waals surface area contributed by atoms with Gasteiger partial charge in [0.2, 0.25) is 5.91 Å². The number of esters is 1. The minimum Gasteiger partial charge on any atom is -0.756 e. The highest BCUT2D eigenvalue weighted by molar-refractivity contribution is 7.45. The topological polar surface area (TPSA) is 114 Å². The predicted molar refractivity (Wildman–Crippen MR) is 321 cm³/mol. The number of nitrogens with one attached hydrogen (secondary N) is 1. The van der Waals surface area contributed by atoms with E-state index in [9.17, 15) is 19.0 Å². The number of quaternary nitrogens is 1. The Bertz CT molecular complexity index is 1560. The zero-order valence-electron chi connectivity index (χ0n) is 49.5. The molecule has 0 saturated heterocycles. The van der Waals surface area contributed by atoms with E-state index in [1.54, 1.807) is 0 Å². The van der Waals surface area contributed by atoms with Gasteiger partial charge in [-0.15, -0.1) is 0 Å². The van der Waals surface area contributed by atoms with Gasteiger partial charge in [-0.3, -0.25) is 14.2 Å². The number of phosphoric ester groups is 1. The van der Waals surface area contributed by atoms with E-state index in [1.807, 2.05) is 33.3 Å². The van der Waals surface area contributed by atoms with Crippen LogP contribution in [0.2, 0.25) is 0 Å². The Morgan fingerprint density at radius 1 is 0.467 bits per heavy atom. The standard InChI is InChI=1S/C65H117N2O7P/c1-7-10-13-16-19-22-25-27-29-31-32-33-34-36-37-39-42-45-48-51-54-57-64(68)66-62(61-73-75(70,71)72-60-59-67(4,5)6)63(56-53-50-47-44-41-24-21-18-15-12-9-3)74-65(69)58-55-52-49-46-43-40-38-35-30-28-26-23-20-17-14-11-8-2/h19-20,22-23,27-30,32-33,38,40,53,56,62-63H,7-18,21,24-26,31,34-37,39,41-52,54-55,57-61H2,1-6H3,(H-,66,68,70,71)/b22-19-,23-20-,29-27-,30-28-,33-32-,40-38-,56-53-. The second-order valence-corrected chi connectivity index (χ2v) is 23.3. The number of nitrogens with zero attached hydrogens (tertiary/aromatic N) is 1. The maximum absolute atomic E-state index is 13.5. The molecule has 0 heterocycles. The Hall–Kier alpha value is -2.81. The minimum atomic E-state index is -4.71. The van der Waals surface area contributed by atoms with E-state index < -0.39 is 26.6 Å². The number of hydrogen-bond donors (Lipinski definition) is 1. The maximum atomic E-state index is 13.5.